The first-order valence-corrected chi connectivity index (χ1v) is 5.73. The van der Waals surface area contributed by atoms with Gasteiger partial charge >= 0.3 is 0 Å². The number of hydrogen-bond donors (Lipinski definition) is 0. The zero-order valence-electron chi connectivity index (χ0n) is 6.44. The first-order chi connectivity index (χ1) is 5.99. The van der Waals surface area contributed by atoms with Gasteiger partial charge in [-0.3, -0.25) is 0 Å². The minimum Gasteiger partial charge on any atom is -0.208 e. The van der Waals surface area contributed by atoms with E-state index in [0.717, 1.165) is 11.5 Å². The quantitative estimate of drug-likeness (QED) is 0.717. The fourth-order valence-electron chi connectivity index (χ4n) is 0.765. The molecule has 0 heterocycles. The molecule has 0 aliphatic carbocycles. The van der Waals surface area contributed by atoms with E-state index in [4.69, 9.17) is 10.7 Å². The van der Waals surface area contributed by atoms with Crippen LogP contribution >= 0.6 is 10.7 Å². The molecule has 2 nitrogen and oxygen atoms in total. The molecule has 0 spiro atoms. The highest BCUT2D eigenvalue weighted by Gasteiger charge is 1.99. The fourth-order valence-corrected chi connectivity index (χ4v) is 1.23. The highest BCUT2D eigenvalue weighted by atomic mass is 35.7. The molecule has 0 aliphatic rings. The molecule has 70 valence electrons. The fraction of sp³-hybridized carbons (Fsp3) is 0. The van der Waals surface area contributed by atoms with Crippen LogP contribution in [-0.4, -0.2) is 8.42 Å². The highest BCUT2D eigenvalue weighted by molar-refractivity contribution is 8.16. The van der Waals surface area contributed by atoms with Gasteiger partial charge in [-0.2, -0.15) is 0 Å². The Morgan fingerprint density at radius 3 is 2.46 bits per heavy atom. The van der Waals surface area contributed by atoms with Crippen molar-refractivity contribution >= 4 is 25.8 Å². The van der Waals surface area contributed by atoms with Gasteiger partial charge in [0.2, 0.25) is 0 Å². The Hall–Kier alpha value is -0.870. The van der Waals surface area contributed by atoms with Crippen molar-refractivity contribution in [2.45, 2.75) is 0 Å². The molecule has 1 aromatic carbocycles. The first kappa shape index (κ1) is 10.2. The summed E-state index contributed by atoms with van der Waals surface area (Å²) in [5, 5.41) is 0.743. The second-order valence-corrected chi connectivity index (χ2v) is 4.81. The van der Waals surface area contributed by atoms with Crippen LogP contribution in [0, 0.1) is 5.82 Å². The van der Waals surface area contributed by atoms with Crippen LogP contribution in [0.3, 0.4) is 0 Å². The summed E-state index contributed by atoms with van der Waals surface area (Å²) in [6.45, 7) is 0. The Labute approximate surface area is 80.1 Å². The normalized spacial score (nSPS) is 12.2. The number of halogens is 2. The maximum atomic E-state index is 12.9. The van der Waals surface area contributed by atoms with Gasteiger partial charge in [-0.25, -0.2) is 12.8 Å². The number of rotatable bonds is 2. The average molecular weight is 221 g/mol. The molecular weight excluding hydrogens is 215 g/mol. The lowest BCUT2D eigenvalue weighted by atomic mass is 10.2. The molecule has 0 radical (unpaired) electrons. The molecule has 0 aromatic heterocycles. The molecule has 0 saturated carbocycles. The summed E-state index contributed by atoms with van der Waals surface area (Å²) < 4.78 is 33.8. The topological polar surface area (TPSA) is 34.1 Å². The predicted octanol–water partition coefficient (Wildman–Crippen LogP) is 2.37. The summed E-state index contributed by atoms with van der Waals surface area (Å²) in [7, 11) is 1.18. The highest BCUT2D eigenvalue weighted by Crippen LogP contribution is 2.10. The minimum absolute atomic E-state index is 0.187. The van der Waals surface area contributed by atoms with E-state index in [0.29, 0.717) is 0 Å². The molecule has 0 bridgehead atoms. The van der Waals surface area contributed by atoms with Crippen molar-refractivity contribution in [2.24, 2.45) is 0 Å². The van der Waals surface area contributed by atoms with Crippen molar-refractivity contribution < 1.29 is 12.8 Å². The Bertz CT molecular complexity index is 426. The monoisotopic (exact) mass is 220 g/mol. The predicted molar refractivity (Wildman–Crippen MR) is 50.2 cm³/mol. The molecule has 5 heteroatoms. The second-order valence-electron chi connectivity index (χ2n) is 2.30. The van der Waals surface area contributed by atoms with E-state index < -0.39 is 14.9 Å². The van der Waals surface area contributed by atoms with Crippen LogP contribution < -0.4 is 0 Å². The van der Waals surface area contributed by atoms with Crippen molar-refractivity contribution in [1.29, 1.82) is 0 Å². The summed E-state index contributed by atoms with van der Waals surface area (Å²) in [5.74, 6) is -0.487. The van der Waals surface area contributed by atoms with Crippen molar-refractivity contribution in [3.63, 3.8) is 0 Å². The van der Waals surface area contributed by atoms with E-state index in [1.807, 2.05) is 0 Å². The summed E-state index contributed by atoms with van der Waals surface area (Å²) in [6, 6.07) is 5.81. The van der Waals surface area contributed by atoms with Crippen molar-refractivity contribution in [3.8, 4) is 0 Å². The zero-order valence-corrected chi connectivity index (χ0v) is 8.02. The van der Waals surface area contributed by atoms with E-state index in [9.17, 15) is 12.8 Å². The molecule has 0 amide bonds. The zero-order chi connectivity index (χ0) is 9.90. The van der Waals surface area contributed by atoms with Gasteiger partial charge in [0.05, 0.1) is 0 Å². The second kappa shape index (κ2) is 3.89. The van der Waals surface area contributed by atoms with Gasteiger partial charge in [0.15, 0.2) is 0 Å². The van der Waals surface area contributed by atoms with Crippen LogP contribution in [0.5, 0.6) is 0 Å². The van der Waals surface area contributed by atoms with Crippen molar-refractivity contribution in [2.75, 3.05) is 0 Å². The Morgan fingerprint density at radius 1 is 1.31 bits per heavy atom. The van der Waals surface area contributed by atoms with Crippen LogP contribution in [0.1, 0.15) is 5.56 Å². The Morgan fingerprint density at radius 2 is 1.92 bits per heavy atom. The maximum absolute atomic E-state index is 12.9. The van der Waals surface area contributed by atoms with Gasteiger partial charge in [0.1, 0.15) is 5.82 Å². The third kappa shape index (κ3) is 3.57. The lowest BCUT2D eigenvalue weighted by Gasteiger charge is -1.93. The molecule has 1 aromatic rings. The molecule has 0 atom stereocenters. The van der Waals surface area contributed by atoms with Crippen LogP contribution in [0.15, 0.2) is 29.7 Å². The van der Waals surface area contributed by atoms with Gasteiger partial charge in [-0.15, -0.1) is 0 Å². The largest absolute Gasteiger partial charge is 0.254 e. The maximum Gasteiger partial charge on any atom is 0.254 e. The summed E-state index contributed by atoms with van der Waals surface area (Å²) in [4.78, 5) is 0. The third-order valence-electron chi connectivity index (χ3n) is 1.32. The average Bonchev–Trinajstić information content (AvgIpc) is 2.01. The molecule has 1 rings (SSSR count). The number of hydrogen-bond acceptors (Lipinski definition) is 2. The molecule has 0 saturated heterocycles. The summed E-state index contributed by atoms with van der Waals surface area (Å²) >= 11 is 0. The van der Waals surface area contributed by atoms with Gasteiger partial charge in [0, 0.05) is 21.7 Å². The molecule has 0 fully saturated rings. The smallest absolute Gasteiger partial charge is 0.208 e. The molecule has 13 heavy (non-hydrogen) atoms. The van der Waals surface area contributed by atoms with Crippen LogP contribution in [-0.2, 0) is 9.05 Å². The third-order valence-corrected chi connectivity index (χ3v) is 2.09. The van der Waals surface area contributed by atoms with Gasteiger partial charge in [-0.1, -0.05) is 18.2 Å². The molecular formula is C8H6ClFO2S. The van der Waals surface area contributed by atoms with Gasteiger partial charge in [0.25, 0.3) is 9.05 Å². The summed E-state index contributed by atoms with van der Waals surface area (Å²) in [5.41, 5.74) is 0.187. The standard InChI is InChI=1S/C8H6ClFO2S/c9-13(11,12)6-5-7-3-1-2-4-8(7)10/h1-6H/b6-5-. The van der Waals surface area contributed by atoms with Crippen LogP contribution in [0.4, 0.5) is 4.39 Å². The first-order valence-electron chi connectivity index (χ1n) is 3.36. The summed E-state index contributed by atoms with van der Waals surface area (Å²) in [6.07, 6.45) is 1.11. The molecule has 0 aliphatic heterocycles. The van der Waals surface area contributed by atoms with E-state index >= 15 is 0 Å². The SMILES string of the molecule is O=S(=O)(Cl)/C=C\c1ccccc1F. The van der Waals surface area contributed by atoms with Crippen molar-refractivity contribution in [3.05, 3.63) is 41.1 Å². The lowest BCUT2D eigenvalue weighted by molar-refractivity contribution is 0.617. The van der Waals surface area contributed by atoms with E-state index in [-0.39, 0.29) is 5.56 Å². The number of benzene rings is 1. The molecule has 0 unspecified atom stereocenters. The minimum atomic E-state index is -3.71. The van der Waals surface area contributed by atoms with Gasteiger partial charge in [-0.05, 0) is 12.1 Å². The van der Waals surface area contributed by atoms with Crippen molar-refractivity contribution in [1.82, 2.24) is 0 Å². The Kier molecular flexibility index (Phi) is 3.06. The molecule has 0 N–H and O–H groups in total. The van der Waals surface area contributed by atoms with Crippen LogP contribution in [0.25, 0.3) is 6.08 Å². The van der Waals surface area contributed by atoms with E-state index in [2.05, 4.69) is 0 Å². The Balaban J connectivity index is 3.00. The van der Waals surface area contributed by atoms with E-state index in [1.165, 1.54) is 18.2 Å². The van der Waals surface area contributed by atoms with Gasteiger partial charge < -0.3 is 0 Å². The lowest BCUT2D eigenvalue weighted by Crippen LogP contribution is -1.82. The van der Waals surface area contributed by atoms with Crippen LogP contribution in [0.2, 0.25) is 0 Å². The van der Waals surface area contributed by atoms with E-state index in [1.54, 1.807) is 6.07 Å².